The number of hydrogen-bond donors (Lipinski definition) is 1. The summed E-state index contributed by atoms with van der Waals surface area (Å²) in [4.78, 5) is 13.2. The Labute approximate surface area is 148 Å². The van der Waals surface area contributed by atoms with Gasteiger partial charge in [-0.25, -0.2) is 4.98 Å². The molecule has 1 aromatic heterocycles. The molecule has 1 aromatic carbocycles. The van der Waals surface area contributed by atoms with Crippen LogP contribution < -0.4 is 5.32 Å². The molecule has 6 heteroatoms. The van der Waals surface area contributed by atoms with E-state index in [1.165, 1.54) is 9.13 Å². The standard InChI is InChI=1S/C16H16ClIN4/c1-9(2)12-8-19-14-13(12)21-16(17)22-15(14)20-7-10-3-5-11(18)6-4-10/h3-6,8-9,12H,7H2,1-2H3,(H,20,21,22). The Morgan fingerprint density at radius 3 is 2.64 bits per heavy atom. The number of benzene rings is 1. The molecule has 1 N–H and O–H groups in total. The number of halogens is 2. The van der Waals surface area contributed by atoms with Crippen molar-refractivity contribution in [1.29, 1.82) is 0 Å². The molecule has 1 unspecified atom stereocenters. The smallest absolute Gasteiger partial charge is 0.224 e. The second kappa shape index (κ2) is 6.50. The van der Waals surface area contributed by atoms with Crippen LogP contribution in [-0.4, -0.2) is 16.2 Å². The molecule has 2 aromatic rings. The van der Waals surface area contributed by atoms with Gasteiger partial charge in [-0.2, -0.15) is 4.98 Å². The lowest BCUT2D eigenvalue weighted by Crippen LogP contribution is -2.09. The third-order valence-corrected chi connectivity index (χ3v) is 4.54. The summed E-state index contributed by atoms with van der Waals surface area (Å²) in [5.74, 6) is 1.34. The predicted octanol–water partition coefficient (Wildman–Crippen LogP) is 4.80. The third-order valence-electron chi connectivity index (χ3n) is 3.66. The zero-order valence-electron chi connectivity index (χ0n) is 12.3. The minimum Gasteiger partial charge on any atom is -0.364 e. The summed E-state index contributed by atoms with van der Waals surface area (Å²) in [6, 6.07) is 8.36. The molecule has 0 bridgehead atoms. The first-order valence-corrected chi connectivity index (χ1v) is 8.60. The van der Waals surface area contributed by atoms with Gasteiger partial charge in [-0.3, -0.25) is 4.99 Å². The van der Waals surface area contributed by atoms with Crippen LogP contribution in [0.4, 0.5) is 11.5 Å². The Balaban J connectivity index is 1.84. The van der Waals surface area contributed by atoms with Crippen LogP contribution in [0.15, 0.2) is 29.3 Å². The fraction of sp³-hybridized carbons (Fsp3) is 0.312. The number of hydrogen-bond acceptors (Lipinski definition) is 4. The highest BCUT2D eigenvalue weighted by atomic mass is 127. The van der Waals surface area contributed by atoms with Gasteiger partial charge in [0.25, 0.3) is 0 Å². The van der Waals surface area contributed by atoms with Crippen LogP contribution in [0.25, 0.3) is 0 Å². The van der Waals surface area contributed by atoms with Crippen molar-refractivity contribution >= 4 is 51.9 Å². The van der Waals surface area contributed by atoms with Crippen molar-refractivity contribution in [2.75, 3.05) is 5.32 Å². The van der Waals surface area contributed by atoms with E-state index in [0.717, 1.165) is 11.4 Å². The lowest BCUT2D eigenvalue weighted by molar-refractivity contribution is 0.605. The van der Waals surface area contributed by atoms with Crippen molar-refractivity contribution in [3.8, 4) is 0 Å². The first-order chi connectivity index (χ1) is 10.5. The van der Waals surface area contributed by atoms with E-state index in [0.29, 0.717) is 18.3 Å². The van der Waals surface area contributed by atoms with Crippen molar-refractivity contribution in [1.82, 2.24) is 9.97 Å². The summed E-state index contributed by atoms with van der Waals surface area (Å²) in [7, 11) is 0. The van der Waals surface area contributed by atoms with Crippen molar-refractivity contribution < 1.29 is 0 Å². The number of aromatic nitrogens is 2. The lowest BCUT2D eigenvalue weighted by atomic mass is 9.94. The van der Waals surface area contributed by atoms with E-state index in [1.807, 2.05) is 6.21 Å². The minimum absolute atomic E-state index is 0.203. The van der Waals surface area contributed by atoms with Crippen LogP contribution in [0, 0.1) is 9.49 Å². The largest absolute Gasteiger partial charge is 0.364 e. The molecule has 1 aliphatic heterocycles. The fourth-order valence-corrected chi connectivity index (χ4v) is 2.96. The van der Waals surface area contributed by atoms with E-state index in [9.17, 15) is 0 Å². The van der Waals surface area contributed by atoms with E-state index >= 15 is 0 Å². The monoisotopic (exact) mass is 426 g/mol. The first-order valence-electron chi connectivity index (χ1n) is 7.14. The fourth-order valence-electron chi connectivity index (χ4n) is 2.43. The van der Waals surface area contributed by atoms with Gasteiger partial charge in [-0.1, -0.05) is 26.0 Å². The molecule has 0 fully saturated rings. The maximum absolute atomic E-state index is 6.08. The van der Waals surface area contributed by atoms with E-state index in [1.54, 1.807) is 0 Å². The molecule has 22 heavy (non-hydrogen) atoms. The molecule has 0 aliphatic carbocycles. The highest BCUT2D eigenvalue weighted by molar-refractivity contribution is 14.1. The number of aliphatic imine (C=N–C) groups is 1. The quantitative estimate of drug-likeness (QED) is 0.564. The van der Waals surface area contributed by atoms with Crippen molar-refractivity contribution in [2.24, 2.45) is 10.9 Å². The normalized spacial score (nSPS) is 16.1. The first kappa shape index (κ1) is 15.7. The molecule has 0 radical (unpaired) electrons. The van der Waals surface area contributed by atoms with Crippen LogP contribution in [0.1, 0.15) is 31.0 Å². The third kappa shape index (κ3) is 3.25. The zero-order valence-corrected chi connectivity index (χ0v) is 15.3. The van der Waals surface area contributed by atoms with E-state index in [2.05, 4.69) is 81.0 Å². The molecule has 0 saturated heterocycles. The Kier molecular flexibility index (Phi) is 4.63. The average Bonchev–Trinajstić information content (AvgIpc) is 2.90. The van der Waals surface area contributed by atoms with Gasteiger partial charge in [0.05, 0.1) is 5.69 Å². The summed E-state index contributed by atoms with van der Waals surface area (Å²) in [5.41, 5.74) is 2.92. The van der Waals surface area contributed by atoms with E-state index in [-0.39, 0.29) is 11.2 Å². The molecular weight excluding hydrogens is 411 g/mol. The highest BCUT2D eigenvalue weighted by Gasteiger charge is 2.27. The molecule has 4 nitrogen and oxygen atoms in total. The van der Waals surface area contributed by atoms with Gasteiger partial charge in [-0.05, 0) is 57.8 Å². The zero-order chi connectivity index (χ0) is 15.7. The molecule has 3 rings (SSSR count). The number of anilines is 1. The topological polar surface area (TPSA) is 50.2 Å². The van der Waals surface area contributed by atoms with Crippen LogP contribution in [-0.2, 0) is 6.54 Å². The van der Waals surface area contributed by atoms with Crippen LogP contribution >= 0.6 is 34.2 Å². The molecule has 114 valence electrons. The highest BCUT2D eigenvalue weighted by Crippen LogP contribution is 2.39. The van der Waals surface area contributed by atoms with E-state index < -0.39 is 0 Å². The maximum atomic E-state index is 6.08. The molecular formula is C16H16ClIN4. The Morgan fingerprint density at radius 2 is 1.95 bits per heavy atom. The van der Waals surface area contributed by atoms with Crippen LogP contribution in [0.5, 0.6) is 0 Å². The van der Waals surface area contributed by atoms with Gasteiger partial charge in [0.1, 0.15) is 5.69 Å². The SMILES string of the molecule is CC(C)C1C=Nc2c(NCc3ccc(I)cc3)nc(Cl)nc21. The molecule has 1 aliphatic rings. The van der Waals surface area contributed by atoms with Gasteiger partial charge >= 0.3 is 0 Å². The van der Waals surface area contributed by atoms with Crippen molar-refractivity contribution in [3.63, 3.8) is 0 Å². The maximum Gasteiger partial charge on any atom is 0.224 e. The molecule has 0 saturated carbocycles. The number of nitrogens with zero attached hydrogens (tertiary/aromatic N) is 3. The van der Waals surface area contributed by atoms with Gasteiger partial charge in [-0.15, -0.1) is 0 Å². The number of fused-ring (bicyclic) bond motifs is 1. The number of rotatable bonds is 4. The van der Waals surface area contributed by atoms with Gasteiger partial charge < -0.3 is 5.32 Å². The molecule has 0 amide bonds. The molecule has 0 spiro atoms. The lowest BCUT2D eigenvalue weighted by Gasteiger charge is -2.14. The second-order valence-electron chi connectivity index (χ2n) is 5.60. The summed E-state index contributed by atoms with van der Waals surface area (Å²) in [6.45, 7) is 4.99. The Morgan fingerprint density at radius 1 is 1.23 bits per heavy atom. The predicted molar refractivity (Wildman–Crippen MR) is 99.3 cm³/mol. The minimum atomic E-state index is 0.203. The summed E-state index contributed by atoms with van der Waals surface area (Å²) in [5, 5.41) is 3.59. The summed E-state index contributed by atoms with van der Waals surface area (Å²) < 4.78 is 1.22. The number of nitrogens with one attached hydrogen (secondary N) is 1. The summed E-state index contributed by atoms with van der Waals surface area (Å²) >= 11 is 8.38. The van der Waals surface area contributed by atoms with Crippen molar-refractivity contribution in [2.45, 2.75) is 26.3 Å². The molecule has 1 atom stereocenters. The summed E-state index contributed by atoms with van der Waals surface area (Å²) in [6.07, 6.45) is 1.94. The van der Waals surface area contributed by atoms with Crippen LogP contribution in [0.2, 0.25) is 5.28 Å². The Hall–Kier alpha value is -1.21. The van der Waals surface area contributed by atoms with Gasteiger partial charge in [0, 0.05) is 22.2 Å². The van der Waals surface area contributed by atoms with Crippen LogP contribution in [0.3, 0.4) is 0 Å². The van der Waals surface area contributed by atoms with Gasteiger partial charge in [0.15, 0.2) is 5.82 Å². The van der Waals surface area contributed by atoms with E-state index in [4.69, 9.17) is 11.6 Å². The second-order valence-corrected chi connectivity index (χ2v) is 7.19. The van der Waals surface area contributed by atoms with Gasteiger partial charge in [0.2, 0.25) is 5.28 Å². The Bertz CT molecular complexity index is 713. The molecule has 2 heterocycles. The average molecular weight is 427 g/mol. The van der Waals surface area contributed by atoms with Crippen molar-refractivity contribution in [3.05, 3.63) is 44.4 Å².